The first-order valence-corrected chi connectivity index (χ1v) is 8.88. The summed E-state index contributed by atoms with van der Waals surface area (Å²) in [5, 5.41) is 0. The molecule has 21 heavy (non-hydrogen) atoms. The Labute approximate surface area is 132 Å². The summed E-state index contributed by atoms with van der Waals surface area (Å²) in [6.45, 7) is 0.167. The summed E-state index contributed by atoms with van der Waals surface area (Å²) in [5.41, 5.74) is 1.69. The zero-order chi connectivity index (χ0) is 14.9. The zero-order valence-electron chi connectivity index (χ0n) is 11.2. The largest absolute Gasteiger partial charge is 0.241 e. The minimum absolute atomic E-state index is 0.167. The Morgan fingerprint density at radius 3 is 2.57 bits per heavy atom. The van der Waals surface area contributed by atoms with Gasteiger partial charge in [-0.05, 0) is 43.2 Å². The first-order valence-electron chi connectivity index (χ1n) is 6.61. The molecule has 1 saturated carbocycles. The molecular weight excluding hydrogens is 354 g/mol. The van der Waals surface area contributed by atoms with Gasteiger partial charge in [-0.2, -0.15) is 0 Å². The number of hydrogen-bond acceptors (Lipinski definition) is 4. The Morgan fingerprint density at radius 2 is 1.90 bits per heavy atom. The smallest absolute Gasteiger partial charge is 0.240 e. The number of hydrogen-bond donors (Lipinski definition) is 1. The van der Waals surface area contributed by atoms with Crippen LogP contribution in [0.3, 0.4) is 0 Å². The molecule has 0 amide bonds. The molecule has 7 heteroatoms. The van der Waals surface area contributed by atoms with Crippen LogP contribution in [0.4, 0.5) is 0 Å². The van der Waals surface area contributed by atoms with E-state index in [1.165, 1.54) is 6.33 Å². The van der Waals surface area contributed by atoms with Crippen molar-refractivity contribution >= 4 is 26.0 Å². The van der Waals surface area contributed by atoms with E-state index in [1.807, 2.05) is 6.07 Å². The lowest BCUT2D eigenvalue weighted by atomic mass is 10.2. The van der Waals surface area contributed by atoms with Gasteiger partial charge in [0.25, 0.3) is 0 Å². The summed E-state index contributed by atoms with van der Waals surface area (Å²) < 4.78 is 27.8. The van der Waals surface area contributed by atoms with Gasteiger partial charge in [0.15, 0.2) is 0 Å². The van der Waals surface area contributed by atoms with Crippen LogP contribution in [-0.2, 0) is 16.6 Å². The van der Waals surface area contributed by atoms with Gasteiger partial charge < -0.3 is 0 Å². The maximum absolute atomic E-state index is 12.2. The van der Waals surface area contributed by atoms with Gasteiger partial charge in [0, 0.05) is 16.1 Å². The highest BCUT2D eigenvalue weighted by molar-refractivity contribution is 9.10. The van der Waals surface area contributed by atoms with Crippen molar-refractivity contribution < 1.29 is 8.42 Å². The third-order valence-electron chi connectivity index (χ3n) is 3.31. The number of benzene rings is 1. The second kappa shape index (κ2) is 5.82. The number of nitrogens with zero attached hydrogens (tertiary/aromatic N) is 2. The van der Waals surface area contributed by atoms with Gasteiger partial charge in [0.2, 0.25) is 10.0 Å². The number of halogens is 1. The highest BCUT2D eigenvalue weighted by Gasteiger charge is 2.25. The highest BCUT2D eigenvalue weighted by Crippen LogP contribution is 2.38. The van der Waals surface area contributed by atoms with E-state index >= 15 is 0 Å². The molecule has 0 aliphatic heterocycles. The van der Waals surface area contributed by atoms with E-state index < -0.39 is 10.0 Å². The molecular formula is C14H14BrN3O2S. The number of aromatic nitrogens is 2. The molecule has 0 unspecified atom stereocenters. The van der Waals surface area contributed by atoms with Crippen LogP contribution in [0.1, 0.15) is 30.1 Å². The minimum Gasteiger partial charge on any atom is -0.241 e. The molecule has 5 nitrogen and oxygen atoms in total. The lowest BCUT2D eigenvalue weighted by molar-refractivity contribution is 0.580. The predicted molar refractivity (Wildman–Crippen MR) is 82.2 cm³/mol. The van der Waals surface area contributed by atoms with Gasteiger partial charge in [-0.1, -0.05) is 15.9 Å². The van der Waals surface area contributed by atoms with Crippen LogP contribution in [0.2, 0.25) is 0 Å². The van der Waals surface area contributed by atoms with E-state index in [4.69, 9.17) is 0 Å². The van der Waals surface area contributed by atoms with Crippen LogP contribution in [0, 0.1) is 0 Å². The molecule has 1 fully saturated rings. The molecule has 0 atom stereocenters. The molecule has 0 radical (unpaired) electrons. The van der Waals surface area contributed by atoms with Crippen molar-refractivity contribution in [2.24, 2.45) is 0 Å². The van der Waals surface area contributed by atoms with Gasteiger partial charge in [0.05, 0.1) is 17.1 Å². The molecule has 1 heterocycles. The van der Waals surface area contributed by atoms with Crippen molar-refractivity contribution in [3.63, 3.8) is 0 Å². The van der Waals surface area contributed by atoms with E-state index in [-0.39, 0.29) is 11.4 Å². The average Bonchev–Trinajstić information content (AvgIpc) is 3.31. The van der Waals surface area contributed by atoms with Crippen LogP contribution in [0.5, 0.6) is 0 Å². The third kappa shape index (κ3) is 3.66. The molecule has 0 saturated heterocycles. The Bertz CT molecular complexity index is 743. The number of sulfonamides is 1. The lowest BCUT2D eigenvalue weighted by Gasteiger charge is -2.07. The molecule has 2 aromatic rings. The number of nitrogens with one attached hydrogen (secondary N) is 1. The molecule has 110 valence electrons. The first-order chi connectivity index (χ1) is 10.0. The third-order valence-corrected chi connectivity index (χ3v) is 5.25. The first kappa shape index (κ1) is 14.6. The SMILES string of the molecule is O=S(=O)(NCc1cc(C2CC2)ncn1)c1ccc(Br)cc1. The molecule has 1 N–H and O–H groups in total. The summed E-state index contributed by atoms with van der Waals surface area (Å²) in [7, 11) is -3.52. The predicted octanol–water partition coefficient (Wildman–Crippen LogP) is 2.60. The fraction of sp³-hybridized carbons (Fsp3) is 0.286. The molecule has 0 spiro atoms. The Morgan fingerprint density at radius 1 is 1.19 bits per heavy atom. The van der Waals surface area contributed by atoms with E-state index in [2.05, 4.69) is 30.6 Å². The van der Waals surface area contributed by atoms with Crippen molar-refractivity contribution in [3.8, 4) is 0 Å². The highest BCUT2D eigenvalue weighted by atomic mass is 79.9. The van der Waals surface area contributed by atoms with Gasteiger partial charge in [0.1, 0.15) is 6.33 Å². The molecule has 1 aromatic carbocycles. The van der Waals surface area contributed by atoms with Gasteiger partial charge in [-0.3, -0.25) is 0 Å². The van der Waals surface area contributed by atoms with Crippen molar-refractivity contribution in [2.75, 3.05) is 0 Å². The maximum atomic E-state index is 12.2. The van der Waals surface area contributed by atoms with Crippen molar-refractivity contribution in [3.05, 3.63) is 52.5 Å². The Hall–Kier alpha value is -1.31. The van der Waals surface area contributed by atoms with Crippen molar-refractivity contribution in [1.82, 2.24) is 14.7 Å². The van der Waals surface area contributed by atoms with E-state index in [9.17, 15) is 8.42 Å². The molecule has 0 bridgehead atoms. The molecule has 1 aliphatic carbocycles. The van der Waals surface area contributed by atoms with E-state index in [1.54, 1.807) is 24.3 Å². The molecule has 1 aliphatic rings. The summed E-state index contributed by atoms with van der Waals surface area (Å²) in [4.78, 5) is 8.57. The topological polar surface area (TPSA) is 72.0 Å². The van der Waals surface area contributed by atoms with Crippen LogP contribution in [-0.4, -0.2) is 18.4 Å². The quantitative estimate of drug-likeness (QED) is 0.881. The monoisotopic (exact) mass is 367 g/mol. The van der Waals surface area contributed by atoms with Gasteiger partial charge in [-0.15, -0.1) is 0 Å². The van der Waals surface area contributed by atoms with Crippen molar-refractivity contribution in [2.45, 2.75) is 30.2 Å². The second-order valence-electron chi connectivity index (χ2n) is 4.99. The van der Waals surface area contributed by atoms with Crippen molar-refractivity contribution in [1.29, 1.82) is 0 Å². The fourth-order valence-electron chi connectivity index (χ4n) is 1.98. The molecule has 1 aromatic heterocycles. The minimum atomic E-state index is -3.52. The van der Waals surface area contributed by atoms with Gasteiger partial charge in [-0.25, -0.2) is 23.1 Å². The van der Waals surface area contributed by atoms with E-state index in [0.29, 0.717) is 11.6 Å². The van der Waals surface area contributed by atoms with Crippen LogP contribution < -0.4 is 4.72 Å². The Balaban J connectivity index is 1.71. The van der Waals surface area contributed by atoms with E-state index in [0.717, 1.165) is 23.0 Å². The summed E-state index contributed by atoms with van der Waals surface area (Å²) in [5.74, 6) is 0.523. The maximum Gasteiger partial charge on any atom is 0.240 e. The lowest BCUT2D eigenvalue weighted by Crippen LogP contribution is -2.23. The zero-order valence-corrected chi connectivity index (χ0v) is 13.6. The van der Waals surface area contributed by atoms with Crippen LogP contribution in [0.25, 0.3) is 0 Å². The summed E-state index contributed by atoms with van der Waals surface area (Å²) in [6, 6.07) is 8.39. The van der Waals surface area contributed by atoms with Crippen LogP contribution >= 0.6 is 15.9 Å². The normalized spacial score (nSPS) is 15.1. The number of rotatable bonds is 5. The average molecular weight is 368 g/mol. The summed E-state index contributed by atoms with van der Waals surface area (Å²) in [6.07, 6.45) is 3.80. The second-order valence-corrected chi connectivity index (χ2v) is 7.67. The van der Waals surface area contributed by atoms with Gasteiger partial charge >= 0.3 is 0 Å². The Kier molecular flexibility index (Phi) is 4.05. The summed E-state index contributed by atoms with van der Waals surface area (Å²) >= 11 is 3.28. The van der Waals surface area contributed by atoms with Crippen LogP contribution in [0.15, 0.2) is 46.0 Å². The molecule has 3 rings (SSSR count). The fourth-order valence-corrected chi connectivity index (χ4v) is 3.24. The standard InChI is InChI=1S/C14H14BrN3O2S/c15-11-3-5-13(6-4-11)21(19,20)18-8-12-7-14(10-1-2-10)17-9-16-12/h3-7,9-10,18H,1-2,8H2.